The number of sulfone groups is 1. The highest BCUT2D eigenvalue weighted by Gasteiger charge is 2.30. The summed E-state index contributed by atoms with van der Waals surface area (Å²) in [7, 11) is -3.98. The van der Waals surface area contributed by atoms with Crippen LogP contribution in [-0.4, -0.2) is 45.5 Å². The van der Waals surface area contributed by atoms with Gasteiger partial charge in [-0.15, -0.1) is 0 Å². The molecular weight excluding hydrogens is 451 g/mol. The Morgan fingerprint density at radius 1 is 1.00 bits per heavy atom. The quantitative estimate of drug-likeness (QED) is 0.561. The molecule has 2 aromatic rings. The molecule has 11 heteroatoms. The third-order valence-corrected chi connectivity index (χ3v) is 5.97. The van der Waals surface area contributed by atoms with Crippen molar-refractivity contribution in [3.8, 4) is 0 Å². The maximum atomic E-state index is 12.6. The number of nitrogens with one attached hydrogen (secondary N) is 1. The minimum absolute atomic E-state index is 0.103. The number of carbonyl (C=O) groups excluding carboxylic acids is 2. The minimum Gasteiger partial charge on any atom is -0.464 e. The van der Waals surface area contributed by atoms with Crippen molar-refractivity contribution in [1.82, 2.24) is 5.32 Å². The Morgan fingerprint density at radius 2 is 1.62 bits per heavy atom. The number of carbonyl (C=O) groups is 2. The van der Waals surface area contributed by atoms with Crippen LogP contribution in [0.2, 0.25) is 0 Å². The van der Waals surface area contributed by atoms with Gasteiger partial charge in [-0.25, -0.2) is 18.0 Å². The van der Waals surface area contributed by atoms with Gasteiger partial charge in [0.1, 0.15) is 12.6 Å². The third-order valence-electron chi connectivity index (χ3n) is 4.27. The van der Waals surface area contributed by atoms with E-state index in [1.165, 1.54) is 0 Å². The molecular formula is C21H22F3NO6S. The minimum atomic E-state index is -4.58. The molecule has 0 aliphatic heterocycles. The summed E-state index contributed by atoms with van der Waals surface area (Å²) in [6.07, 6.45) is -5.47. The predicted molar refractivity (Wildman–Crippen MR) is 109 cm³/mol. The number of hydrogen-bond donors (Lipinski definition) is 1. The van der Waals surface area contributed by atoms with Crippen molar-refractivity contribution in [3.05, 3.63) is 65.7 Å². The van der Waals surface area contributed by atoms with Gasteiger partial charge >= 0.3 is 18.2 Å². The Balaban J connectivity index is 1.94. The fourth-order valence-corrected chi connectivity index (χ4v) is 3.77. The molecule has 0 bridgehead atoms. The molecule has 0 saturated heterocycles. The van der Waals surface area contributed by atoms with E-state index < -0.39 is 52.0 Å². The molecule has 0 fully saturated rings. The Bertz CT molecular complexity index is 1010. The van der Waals surface area contributed by atoms with Crippen molar-refractivity contribution in [2.24, 2.45) is 0 Å². The Hall–Kier alpha value is -3.08. The van der Waals surface area contributed by atoms with Crippen LogP contribution >= 0.6 is 0 Å². The number of alkyl halides is 3. The number of ether oxygens (including phenoxy) is 2. The van der Waals surface area contributed by atoms with Crippen LogP contribution in [0.25, 0.3) is 0 Å². The average molecular weight is 473 g/mol. The summed E-state index contributed by atoms with van der Waals surface area (Å²) in [5, 5.41) is 2.34. The van der Waals surface area contributed by atoms with Gasteiger partial charge in [-0.05, 0) is 36.8 Å². The van der Waals surface area contributed by atoms with E-state index in [9.17, 15) is 31.2 Å². The molecule has 2 rings (SSSR count). The number of amides is 1. The molecule has 2 aromatic carbocycles. The van der Waals surface area contributed by atoms with Crippen LogP contribution in [0.3, 0.4) is 0 Å². The van der Waals surface area contributed by atoms with Crippen molar-refractivity contribution in [3.63, 3.8) is 0 Å². The van der Waals surface area contributed by atoms with Crippen LogP contribution in [0.1, 0.15) is 18.1 Å². The third kappa shape index (κ3) is 7.56. The molecule has 32 heavy (non-hydrogen) atoms. The molecule has 0 aromatic heterocycles. The zero-order valence-electron chi connectivity index (χ0n) is 17.1. The summed E-state index contributed by atoms with van der Waals surface area (Å²) in [5.74, 6) is -1.32. The summed E-state index contributed by atoms with van der Waals surface area (Å²) in [6.45, 7) is 1.16. The normalized spacial score (nSPS) is 12.6. The van der Waals surface area contributed by atoms with Crippen LogP contribution in [0, 0.1) is 0 Å². The smallest absolute Gasteiger partial charge is 0.416 e. The molecule has 0 radical (unpaired) electrons. The molecule has 0 saturated carbocycles. The molecule has 7 nitrogen and oxygen atoms in total. The van der Waals surface area contributed by atoms with Gasteiger partial charge in [0.05, 0.1) is 22.8 Å². The van der Waals surface area contributed by atoms with Crippen molar-refractivity contribution in [1.29, 1.82) is 0 Å². The van der Waals surface area contributed by atoms with Gasteiger partial charge in [0.25, 0.3) is 0 Å². The highest BCUT2D eigenvalue weighted by molar-refractivity contribution is 7.91. The Labute approximate surface area is 183 Å². The second kappa shape index (κ2) is 11.0. The molecule has 0 aliphatic carbocycles. The highest BCUT2D eigenvalue weighted by Crippen LogP contribution is 2.29. The first-order valence-electron chi connectivity index (χ1n) is 9.57. The van der Waals surface area contributed by atoms with Crippen molar-refractivity contribution in [2.45, 2.75) is 30.5 Å². The van der Waals surface area contributed by atoms with E-state index in [4.69, 9.17) is 9.47 Å². The first-order valence-corrected chi connectivity index (χ1v) is 11.2. The monoisotopic (exact) mass is 473 g/mol. The standard InChI is InChI=1S/C21H22F3NO6S/c1-2-30-19(26)18(14-15-6-4-3-5-7-15)25-20(27)31-12-13-32(28,29)17-10-8-16(9-11-17)21(22,23)24/h3-11,18H,2,12-14H2,1H3,(H,25,27)/t18-/m0/s1. The molecule has 1 atom stereocenters. The van der Waals surface area contributed by atoms with Gasteiger partial charge in [0.15, 0.2) is 9.84 Å². The van der Waals surface area contributed by atoms with Crippen molar-refractivity contribution in [2.75, 3.05) is 19.0 Å². The van der Waals surface area contributed by atoms with Gasteiger partial charge < -0.3 is 14.8 Å². The van der Waals surface area contributed by atoms with E-state index in [0.717, 1.165) is 17.7 Å². The summed E-state index contributed by atoms with van der Waals surface area (Å²) in [6, 6.07) is 10.8. The number of rotatable bonds is 9. The van der Waals surface area contributed by atoms with Crippen LogP contribution in [0.4, 0.5) is 18.0 Å². The first kappa shape index (κ1) is 25.2. The lowest BCUT2D eigenvalue weighted by atomic mass is 10.1. The Morgan fingerprint density at radius 3 is 2.19 bits per heavy atom. The topological polar surface area (TPSA) is 98.8 Å². The van der Waals surface area contributed by atoms with Gasteiger partial charge in [0.2, 0.25) is 0 Å². The molecule has 174 valence electrons. The van der Waals surface area contributed by atoms with Gasteiger partial charge in [-0.1, -0.05) is 30.3 Å². The summed E-state index contributed by atoms with van der Waals surface area (Å²) in [4.78, 5) is 23.9. The van der Waals surface area contributed by atoms with Gasteiger partial charge in [0, 0.05) is 6.42 Å². The zero-order valence-corrected chi connectivity index (χ0v) is 17.9. The fraction of sp³-hybridized carbons (Fsp3) is 0.333. The van der Waals surface area contributed by atoms with Crippen LogP contribution < -0.4 is 5.32 Å². The lowest BCUT2D eigenvalue weighted by Crippen LogP contribution is -2.44. The lowest BCUT2D eigenvalue weighted by molar-refractivity contribution is -0.145. The van der Waals surface area contributed by atoms with E-state index in [-0.39, 0.29) is 17.9 Å². The molecule has 0 aliphatic rings. The number of hydrogen-bond acceptors (Lipinski definition) is 6. The Kier molecular flexibility index (Phi) is 8.64. The number of esters is 1. The van der Waals surface area contributed by atoms with E-state index in [2.05, 4.69) is 5.32 Å². The highest BCUT2D eigenvalue weighted by atomic mass is 32.2. The summed E-state index contributed by atoms with van der Waals surface area (Å²) < 4.78 is 72.2. The largest absolute Gasteiger partial charge is 0.464 e. The number of halogens is 3. The fourth-order valence-electron chi connectivity index (χ4n) is 2.68. The SMILES string of the molecule is CCOC(=O)[C@H](Cc1ccccc1)NC(=O)OCCS(=O)(=O)c1ccc(C(F)(F)F)cc1. The second-order valence-corrected chi connectivity index (χ2v) is 8.72. The maximum absolute atomic E-state index is 12.6. The molecule has 0 spiro atoms. The van der Waals surface area contributed by atoms with E-state index >= 15 is 0 Å². The molecule has 1 amide bonds. The first-order chi connectivity index (χ1) is 15.0. The van der Waals surface area contributed by atoms with E-state index in [0.29, 0.717) is 12.1 Å². The van der Waals surface area contributed by atoms with Crippen LogP contribution in [-0.2, 0) is 36.7 Å². The molecule has 1 N–H and O–H groups in total. The summed E-state index contributed by atoms with van der Waals surface area (Å²) in [5.41, 5.74) is -0.216. The molecule has 0 unspecified atom stereocenters. The maximum Gasteiger partial charge on any atom is 0.416 e. The van der Waals surface area contributed by atoms with Crippen LogP contribution in [0.5, 0.6) is 0 Å². The van der Waals surface area contributed by atoms with E-state index in [1.54, 1.807) is 37.3 Å². The summed E-state index contributed by atoms with van der Waals surface area (Å²) >= 11 is 0. The molecule has 0 heterocycles. The van der Waals surface area contributed by atoms with Gasteiger partial charge in [-0.2, -0.15) is 13.2 Å². The number of benzene rings is 2. The van der Waals surface area contributed by atoms with Crippen LogP contribution in [0.15, 0.2) is 59.5 Å². The predicted octanol–water partition coefficient (Wildman–Crippen LogP) is 3.38. The average Bonchev–Trinajstić information content (AvgIpc) is 2.73. The second-order valence-electron chi connectivity index (χ2n) is 6.62. The zero-order chi connectivity index (χ0) is 23.8. The van der Waals surface area contributed by atoms with Crippen molar-refractivity contribution < 1.29 is 40.7 Å². The van der Waals surface area contributed by atoms with Gasteiger partial charge in [-0.3, -0.25) is 0 Å². The lowest BCUT2D eigenvalue weighted by Gasteiger charge is -2.17. The van der Waals surface area contributed by atoms with Crippen molar-refractivity contribution >= 4 is 21.9 Å². The van der Waals surface area contributed by atoms with E-state index in [1.807, 2.05) is 0 Å². The number of alkyl carbamates (subject to hydrolysis) is 1.